The second-order valence-corrected chi connectivity index (χ2v) is 1.58. The van der Waals surface area contributed by atoms with Crippen LogP contribution < -0.4 is 0 Å². The fourth-order valence-corrected chi connectivity index (χ4v) is 0.391. The summed E-state index contributed by atoms with van der Waals surface area (Å²) in [4.78, 5) is 22.8. The molecule has 1 atom stereocenters. The van der Waals surface area contributed by atoms with E-state index in [-0.39, 0.29) is 0 Å². The van der Waals surface area contributed by atoms with Crippen molar-refractivity contribution in [2.75, 3.05) is 0 Å². The molecule has 0 heterocycles. The van der Waals surface area contributed by atoms with Gasteiger partial charge in [0, 0.05) is 0 Å². The van der Waals surface area contributed by atoms with Crippen molar-refractivity contribution in [1.82, 2.24) is 0 Å². The average Bonchev–Trinajstić information content (AvgIpc) is 1.82. The van der Waals surface area contributed by atoms with E-state index in [1.54, 1.807) is 0 Å². The van der Waals surface area contributed by atoms with E-state index in [0.717, 1.165) is 0 Å². The summed E-state index contributed by atoms with van der Waals surface area (Å²) in [5.41, 5.74) is 0. The zero-order valence-corrected chi connectivity index (χ0v) is 5.26. The number of carbonyl (C=O) groups is 1. The average molecular weight is 146 g/mol. The fraction of sp³-hybridized carbons (Fsp3) is 0.200. The van der Waals surface area contributed by atoms with Gasteiger partial charge < -0.3 is 0 Å². The van der Waals surface area contributed by atoms with Gasteiger partial charge in [0.25, 0.3) is 5.24 Å². The Hall–Kier alpha value is -0.920. The maximum Gasteiger partial charge on any atom is 0.251 e. The predicted molar refractivity (Wildman–Crippen MR) is 33.0 cm³/mol. The molecule has 0 aliphatic rings. The molecule has 0 amide bonds. The number of hydrogen-bond donors (Lipinski definition) is 0. The molecule has 0 bridgehead atoms. The Morgan fingerprint density at radius 1 is 1.89 bits per heavy atom. The van der Waals surface area contributed by atoms with E-state index >= 15 is 0 Å². The molecule has 0 saturated heterocycles. The van der Waals surface area contributed by atoms with Crippen LogP contribution in [-0.2, 0) is 9.59 Å². The lowest BCUT2D eigenvalue weighted by Crippen LogP contribution is -2.07. The van der Waals surface area contributed by atoms with Crippen molar-refractivity contribution in [3.05, 3.63) is 12.7 Å². The summed E-state index contributed by atoms with van der Waals surface area (Å²) in [7, 11) is 0. The maximum absolute atomic E-state index is 10.2. The van der Waals surface area contributed by atoms with Gasteiger partial charge in [-0.05, 0) is 11.6 Å². The van der Waals surface area contributed by atoms with Crippen LogP contribution >= 0.6 is 11.6 Å². The highest BCUT2D eigenvalue weighted by Gasteiger charge is 2.08. The molecule has 0 spiro atoms. The second kappa shape index (κ2) is 4.01. The van der Waals surface area contributed by atoms with Crippen molar-refractivity contribution >= 4 is 22.9 Å². The van der Waals surface area contributed by atoms with Gasteiger partial charge in [0.2, 0.25) is 6.08 Å². The molecular weight excluding hydrogens is 142 g/mol. The summed E-state index contributed by atoms with van der Waals surface area (Å²) >= 11 is 4.94. The third kappa shape index (κ3) is 2.80. The first-order chi connectivity index (χ1) is 4.22. The molecule has 0 radical (unpaired) electrons. The van der Waals surface area contributed by atoms with E-state index in [0.29, 0.717) is 0 Å². The van der Waals surface area contributed by atoms with Crippen LogP contribution in [0.5, 0.6) is 0 Å². The highest BCUT2D eigenvalue weighted by molar-refractivity contribution is 6.65. The summed E-state index contributed by atoms with van der Waals surface area (Å²) in [6.07, 6.45) is 2.37. The fourth-order valence-electron chi connectivity index (χ4n) is 0.253. The van der Waals surface area contributed by atoms with Crippen molar-refractivity contribution in [2.24, 2.45) is 4.99 Å². The Morgan fingerprint density at radius 2 is 2.44 bits per heavy atom. The van der Waals surface area contributed by atoms with E-state index in [4.69, 9.17) is 11.6 Å². The number of carbonyl (C=O) groups excluding carboxylic acids is 2. The topological polar surface area (TPSA) is 46.5 Å². The van der Waals surface area contributed by atoms with Crippen LogP contribution in [0.4, 0.5) is 0 Å². The molecule has 48 valence electrons. The maximum atomic E-state index is 10.2. The van der Waals surface area contributed by atoms with Crippen molar-refractivity contribution in [3.8, 4) is 0 Å². The van der Waals surface area contributed by atoms with E-state index in [1.807, 2.05) is 0 Å². The van der Waals surface area contributed by atoms with Crippen molar-refractivity contribution in [3.63, 3.8) is 0 Å². The van der Waals surface area contributed by atoms with Crippen LogP contribution in [0.1, 0.15) is 0 Å². The SMILES string of the molecule is C=CC(N=C=O)C(=O)Cl. The lowest BCUT2D eigenvalue weighted by atomic mass is 10.3. The van der Waals surface area contributed by atoms with E-state index in [1.165, 1.54) is 12.2 Å². The monoisotopic (exact) mass is 145 g/mol. The number of nitrogens with zero attached hydrogens (tertiary/aromatic N) is 1. The van der Waals surface area contributed by atoms with Crippen LogP contribution in [0.15, 0.2) is 17.6 Å². The van der Waals surface area contributed by atoms with Gasteiger partial charge in [-0.2, -0.15) is 4.99 Å². The molecular formula is C5H4ClNO2. The van der Waals surface area contributed by atoms with Gasteiger partial charge in [0.05, 0.1) is 0 Å². The van der Waals surface area contributed by atoms with Crippen LogP contribution in [0.25, 0.3) is 0 Å². The van der Waals surface area contributed by atoms with Gasteiger partial charge in [-0.25, -0.2) is 4.79 Å². The minimum Gasteiger partial charge on any atom is -0.278 e. The summed E-state index contributed by atoms with van der Waals surface area (Å²) in [6.45, 7) is 3.22. The first-order valence-electron chi connectivity index (χ1n) is 2.11. The number of hydrogen-bond acceptors (Lipinski definition) is 3. The molecule has 4 heteroatoms. The first kappa shape index (κ1) is 8.08. The van der Waals surface area contributed by atoms with Gasteiger partial charge in [0.15, 0.2) is 6.04 Å². The van der Waals surface area contributed by atoms with Crippen LogP contribution in [0.2, 0.25) is 0 Å². The standard InChI is InChI=1S/C5H4ClNO2/c1-2-4(5(6)9)7-3-8/h2,4H,1H2. The lowest BCUT2D eigenvalue weighted by Gasteiger charge is -1.92. The quantitative estimate of drug-likeness (QED) is 0.253. The highest BCUT2D eigenvalue weighted by Crippen LogP contribution is 1.95. The van der Waals surface area contributed by atoms with Gasteiger partial charge >= 0.3 is 0 Å². The zero-order chi connectivity index (χ0) is 7.28. The normalized spacial score (nSPS) is 11.2. The number of halogens is 1. The largest absolute Gasteiger partial charge is 0.278 e. The molecule has 0 fully saturated rings. The molecule has 0 aromatic heterocycles. The molecule has 0 N–H and O–H groups in total. The third-order valence-corrected chi connectivity index (χ3v) is 0.871. The molecule has 0 aliphatic carbocycles. The summed E-state index contributed by atoms with van der Waals surface area (Å²) in [5.74, 6) is 0. The molecule has 0 saturated carbocycles. The number of aliphatic imine (C=N–C) groups is 1. The smallest absolute Gasteiger partial charge is 0.251 e. The van der Waals surface area contributed by atoms with E-state index in [9.17, 15) is 9.59 Å². The van der Waals surface area contributed by atoms with E-state index < -0.39 is 11.3 Å². The van der Waals surface area contributed by atoms with Crippen molar-refractivity contribution in [2.45, 2.75) is 6.04 Å². The van der Waals surface area contributed by atoms with Gasteiger partial charge in [0.1, 0.15) is 0 Å². The number of rotatable bonds is 3. The highest BCUT2D eigenvalue weighted by atomic mass is 35.5. The predicted octanol–water partition coefficient (Wildman–Crippen LogP) is 0.642. The molecule has 0 aromatic carbocycles. The van der Waals surface area contributed by atoms with E-state index in [2.05, 4.69) is 11.6 Å². The van der Waals surface area contributed by atoms with Gasteiger partial charge in [-0.1, -0.05) is 6.08 Å². The van der Waals surface area contributed by atoms with Crippen LogP contribution in [0, 0.1) is 0 Å². The summed E-state index contributed by atoms with van der Waals surface area (Å²) in [6, 6.07) is -0.941. The molecule has 0 aromatic rings. The Balaban J connectivity index is 4.15. The first-order valence-corrected chi connectivity index (χ1v) is 2.49. The third-order valence-electron chi connectivity index (χ3n) is 0.648. The lowest BCUT2D eigenvalue weighted by molar-refractivity contribution is -0.111. The Bertz CT molecular complexity index is 170. The summed E-state index contributed by atoms with van der Waals surface area (Å²) < 4.78 is 0. The summed E-state index contributed by atoms with van der Waals surface area (Å²) in [5, 5.41) is -0.728. The Kier molecular flexibility index (Phi) is 3.60. The minimum atomic E-state index is -0.941. The molecule has 9 heavy (non-hydrogen) atoms. The second-order valence-electron chi connectivity index (χ2n) is 1.21. The minimum absolute atomic E-state index is 0.728. The Morgan fingerprint density at radius 3 is 2.56 bits per heavy atom. The van der Waals surface area contributed by atoms with Crippen molar-refractivity contribution in [1.29, 1.82) is 0 Å². The van der Waals surface area contributed by atoms with Crippen molar-refractivity contribution < 1.29 is 9.59 Å². The molecule has 0 rings (SSSR count). The molecule has 1 unspecified atom stereocenters. The van der Waals surface area contributed by atoms with Gasteiger partial charge in [-0.3, -0.25) is 4.79 Å². The van der Waals surface area contributed by atoms with Crippen LogP contribution in [0.3, 0.4) is 0 Å². The molecule has 0 aliphatic heterocycles. The number of isocyanates is 1. The Labute approximate surface area is 57.0 Å². The van der Waals surface area contributed by atoms with Gasteiger partial charge in [-0.15, -0.1) is 6.58 Å². The van der Waals surface area contributed by atoms with Crippen LogP contribution in [-0.4, -0.2) is 17.4 Å². The zero-order valence-electron chi connectivity index (χ0n) is 4.50. The molecule has 3 nitrogen and oxygen atoms in total.